The van der Waals surface area contributed by atoms with Crippen LogP contribution in [-0.2, 0) is 4.79 Å². The molecule has 0 aliphatic heterocycles. The van der Waals surface area contributed by atoms with Crippen molar-refractivity contribution < 1.29 is 18.4 Å². The molecule has 2 aromatic carbocycles. The lowest BCUT2D eigenvalue weighted by molar-refractivity contribution is -0.131. The predicted molar refractivity (Wildman–Crippen MR) is 97.5 cm³/mol. The van der Waals surface area contributed by atoms with Crippen molar-refractivity contribution in [1.29, 1.82) is 0 Å². The molecular formula is C19H17FN2O3S. The number of rotatable bonds is 5. The first-order chi connectivity index (χ1) is 12.5. The van der Waals surface area contributed by atoms with Crippen LogP contribution in [0.1, 0.15) is 29.2 Å². The van der Waals surface area contributed by atoms with Crippen molar-refractivity contribution in [1.82, 2.24) is 10.1 Å². The second-order valence-corrected chi connectivity index (χ2v) is 6.61. The fourth-order valence-electron chi connectivity index (χ4n) is 2.61. The maximum absolute atomic E-state index is 14.1. The smallest absolute Gasteiger partial charge is 0.308 e. The van der Waals surface area contributed by atoms with Crippen LogP contribution in [0.2, 0.25) is 0 Å². The van der Waals surface area contributed by atoms with E-state index in [1.54, 1.807) is 31.2 Å². The standard InChI is InChI=1S/C19H17FN2O3S/c1-11-5-4-6-15(20)16(11)18-21-19(25-22-18)17(26-3)13-7-9-14(10-8-13)24-12(2)23/h4-10,17H,1-3H3. The molecule has 0 bridgehead atoms. The zero-order valence-corrected chi connectivity index (χ0v) is 15.3. The first-order valence-corrected chi connectivity index (χ1v) is 9.18. The molecule has 5 nitrogen and oxygen atoms in total. The first-order valence-electron chi connectivity index (χ1n) is 7.90. The predicted octanol–water partition coefficient (Wildman–Crippen LogP) is 4.56. The number of aromatic nitrogens is 2. The fourth-order valence-corrected chi connectivity index (χ4v) is 3.34. The third kappa shape index (κ3) is 3.77. The molecule has 1 unspecified atom stereocenters. The van der Waals surface area contributed by atoms with Crippen LogP contribution in [0.4, 0.5) is 4.39 Å². The summed E-state index contributed by atoms with van der Waals surface area (Å²) in [6.45, 7) is 3.15. The third-order valence-corrected chi connectivity index (χ3v) is 4.74. The molecule has 0 radical (unpaired) electrons. The molecule has 0 fully saturated rings. The van der Waals surface area contributed by atoms with Crippen molar-refractivity contribution in [3.05, 3.63) is 65.3 Å². The number of nitrogens with zero attached hydrogens (tertiary/aromatic N) is 2. The van der Waals surface area contributed by atoms with Gasteiger partial charge in [-0.1, -0.05) is 29.4 Å². The van der Waals surface area contributed by atoms with Crippen molar-refractivity contribution in [2.45, 2.75) is 19.1 Å². The van der Waals surface area contributed by atoms with E-state index in [1.165, 1.54) is 24.8 Å². The van der Waals surface area contributed by atoms with Gasteiger partial charge in [0, 0.05) is 6.92 Å². The summed E-state index contributed by atoms with van der Waals surface area (Å²) in [5, 5.41) is 3.74. The number of hydrogen-bond acceptors (Lipinski definition) is 6. The number of esters is 1. The van der Waals surface area contributed by atoms with Gasteiger partial charge in [0.2, 0.25) is 11.7 Å². The summed E-state index contributed by atoms with van der Waals surface area (Å²) in [7, 11) is 0. The quantitative estimate of drug-likeness (QED) is 0.483. The molecule has 0 saturated carbocycles. The van der Waals surface area contributed by atoms with E-state index in [1.807, 2.05) is 18.4 Å². The minimum atomic E-state index is -0.385. The van der Waals surface area contributed by atoms with E-state index in [0.717, 1.165) is 11.1 Å². The Labute approximate surface area is 154 Å². The molecule has 134 valence electrons. The Balaban J connectivity index is 1.90. The summed E-state index contributed by atoms with van der Waals surface area (Å²) in [5.41, 5.74) is 1.99. The largest absolute Gasteiger partial charge is 0.427 e. The van der Waals surface area contributed by atoms with Crippen LogP contribution < -0.4 is 4.74 Å². The van der Waals surface area contributed by atoms with Crippen molar-refractivity contribution in [2.24, 2.45) is 0 Å². The minimum absolute atomic E-state index is 0.213. The number of hydrogen-bond donors (Lipinski definition) is 0. The molecule has 0 aliphatic rings. The second-order valence-electron chi connectivity index (χ2n) is 5.67. The number of halogens is 1. The Morgan fingerprint density at radius 1 is 1.23 bits per heavy atom. The molecule has 3 rings (SSSR count). The lowest BCUT2D eigenvalue weighted by Crippen LogP contribution is -2.02. The van der Waals surface area contributed by atoms with E-state index < -0.39 is 0 Å². The van der Waals surface area contributed by atoms with E-state index in [2.05, 4.69) is 10.1 Å². The highest BCUT2D eigenvalue weighted by Crippen LogP contribution is 2.35. The Hall–Kier alpha value is -2.67. The van der Waals surface area contributed by atoms with Crippen LogP contribution in [0.3, 0.4) is 0 Å². The van der Waals surface area contributed by atoms with Gasteiger partial charge in [-0.3, -0.25) is 4.79 Å². The summed E-state index contributed by atoms with van der Waals surface area (Å²) in [4.78, 5) is 15.4. The number of ether oxygens (including phenoxy) is 1. The molecule has 26 heavy (non-hydrogen) atoms. The second kappa shape index (κ2) is 7.70. The Kier molecular flexibility index (Phi) is 5.37. The number of carbonyl (C=O) groups is 1. The van der Waals surface area contributed by atoms with Gasteiger partial charge in [-0.15, -0.1) is 11.8 Å². The van der Waals surface area contributed by atoms with Gasteiger partial charge in [0.05, 0.1) is 5.56 Å². The van der Waals surface area contributed by atoms with Crippen LogP contribution in [0.15, 0.2) is 47.0 Å². The maximum Gasteiger partial charge on any atom is 0.308 e. The fraction of sp³-hybridized carbons (Fsp3) is 0.211. The zero-order chi connectivity index (χ0) is 18.7. The molecule has 3 aromatic rings. The molecule has 7 heteroatoms. The summed E-state index contributed by atoms with van der Waals surface area (Å²) >= 11 is 1.52. The number of carbonyl (C=O) groups excluding carboxylic acids is 1. The van der Waals surface area contributed by atoms with Crippen molar-refractivity contribution in [3.8, 4) is 17.1 Å². The molecule has 1 heterocycles. The van der Waals surface area contributed by atoms with Crippen molar-refractivity contribution >= 4 is 17.7 Å². The van der Waals surface area contributed by atoms with E-state index in [-0.39, 0.29) is 22.9 Å². The monoisotopic (exact) mass is 372 g/mol. The number of thioether (sulfide) groups is 1. The summed E-state index contributed by atoms with van der Waals surface area (Å²) in [5.74, 6) is 0.320. The Morgan fingerprint density at radius 2 is 1.96 bits per heavy atom. The van der Waals surface area contributed by atoms with Crippen LogP contribution in [0, 0.1) is 12.7 Å². The minimum Gasteiger partial charge on any atom is -0.427 e. The molecule has 1 atom stereocenters. The van der Waals surface area contributed by atoms with Crippen molar-refractivity contribution in [3.63, 3.8) is 0 Å². The van der Waals surface area contributed by atoms with Crippen molar-refractivity contribution in [2.75, 3.05) is 6.26 Å². The van der Waals surface area contributed by atoms with Gasteiger partial charge in [0.25, 0.3) is 0 Å². The zero-order valence-electron chi connectivity index (χ0n) is 14.5. The average Bonchev–Trinajstić information content (AvgIpc) is 3.06. The summed E-state index contributed by atoms with van der Waals surface area (Å²) in [6, 6.07) is 11.9. The molecule has 0 aliphatic carbocycles. The Bertz CT molecular complexity index is 905. The van der Waals surface area contributed by atoms with E-state index in [4.69, 9.17) is 9.26 Å². The summed E-state index contributed by atoms with van der Waals surface area (Å²) in [6.07, 6.45) is 1.92. The van der Waals surface area contributed by atoms with Gasteiger partial charge in [-0.25, -0.2) is 4.39 Å². The number of aryl methyl sites for hydroxylation is 1. The average molecular weight is 372 g/mol. The van der Waals surface area contributed by atoms with Gasteiger partial charge in [0.15, 0.2) is 0 Å². The number of benzene rings is 2. The molecule has 1 aromatic heterocycles. The highest BCUT2D eigenvalue weighted by molar-refractivity contribution is 7.99. The molecule has 0 spiro atoms. The normalized spacial score (nSPS) is 12.0. The molecule has 0 amide bonds. The summed E-state index contributed by atoms with van der Waals surface area (Å²) < 4.78 is 24.6. The lowest BCUT2D eigenvalue weighted by Gasteiger charge is -2.10. The van der Waals surface area contributed by atoms with E-state index >= 15 is 0 Å². The topological polar surface area (TPSA) is 65.2 Å². The lowest BCUT2D eigenvalue weighted by atomic mass is 10.1. The molecular weight excluding hydrogens is 355 g/mol. The Morgan fingerprint density at radius 3 is 2.58 bits per heavy atom. The van der Waals surface area contributed by atoms with Gasteiger partial charge in [-0.2, -0.15) is 4.98 Å². The maximum atomic E-state index is 14.1. The molecule has 0 N–H and O–H groups in total. The van der Waals surface area contributed by atoms with Gasteiger partial charge >= 0.3 is 5.97 Å². The van der Waals surface area contributed by atoms with Gasteiger partial charge in [0.1, 0.15) is 16.8 Å². The SMILES string of the molecule is CSC(c1ccc(OC(C)=O)cc1)c1nc(-c2c(C)cccc2F)no1. The van der Waals surface area contributed by atoms with Crippen LogP contribution in [0.5, 0.6) is 5.75 Å². The van der Waals surface area contributed by atoms with Gasteiger partial charge < -0.3 is 9.26 Å². The van der Waals surface area contributed by atoms with Crippen LogP contribution in [0.25, 0.3) is 11.4 Å². The van der Waals surface area contributed by atoms with E-state index in [9.17, 15) is 9.18 Å². The molecule has 0 saturated heterocycles. The van der Waals surface area contributed by atoms with Crippen LogP contribution >= 0.6 is 11.8 Å². The highest BCUT2D eigenvalue weighted by atomic mass is 32.2. The van der Waals surface area contributed by atoms with Crippen LogP contribution in [-0.4, -0.2) is 22.4 Å². The van der Waals surface area contributed by atoms with Gasteiger partial charge in [-0.05, 0) is 42.5 Å². The highest BCUT2D eigenvalue weighted by Gasteiger charge is 2.22. The third-order valence-electron chi connectivity index (χ3n) is 3.79. The van der Waals surface area contributed by atoms with E-state index in [0.29, 0.717) is 17.2 Å². The first kappa shape index (κ1) is 18.1.